The number of rotatable bonds is 3. The van der Waals surface area contributed by atoms with Crippen LogP contribution in [0.15, 0.2) is 42.5 Å². The van der Waals surface area contributed by atoms with Gasteiger partial charge in [-0.15, -0.1) is 0 Å². The topological polar surface area (TPSA) is 26.0 Å². The lowest BCUT2D eigenvalue weighted by Crippen LogP contribution is -2.32. The van der Waals surface area contributed by atoms with E-state index in [2.05, 4.69) is 0 Å². The van der Waals surface area contributed by atoms with Crippen molar-refractivity contribution in [1.29, 1.82) is 0 Å². The summed E-state index contributed by atoms with van der Waals surface area (Å²) in [6, 6.07) is 12.2. The smallest absolute Gasteiger partial charge is 0.166 e. The van der Waals surface area contributed by atoms with Crippen LogP contribution in [0.25, 0.3) is 11.1 Å². The van der Waals surface area contributed by atoms with Crippen LogP contribution in [0.5, 0.6) is 0 Å². The first-order valence-electron chi connectivity index (χ1n) is 7.41. The van der Waals surface area contributed by atoms with E-state index in [-0.39, 0.29) is 5.41 Å². The summed E-state index contributed by atoms with van der Waals surface area (Å²) in [4.78, 5) is 0. The summed E-state index contributed by atoms with van der Waals surface area (Å²) in [5.41, 5.74) is 7.62. The lowest BCUT2D eigenvalue weighted by molar-refractivity contribution is 0.443. The highest BCUT2D eigenvalue weighted by Gasteiger charge is 2.35. The molecule has 3 rings (SSSR count). The zero-order valence-corrected chi connectivity index (χ0v) is 11.9. The van der Waals surface area contributed by atoms with Crippen LogP contribution in [-0.4, -0.2) is 6.54 Å². The highest BCUT2D eigenvalue weighted by atomic mass is 19.2. The molecule has 0 aliphatic heterocycles. The van der Waals surface area contributed by atoms with E-state index in [4.69, 9.17) is 5.73 Å². The van der Waals surface area contributed by atoms with Gasteiger partial charge in [-0.3, -0.25) is 0 Å². The minimum absolute atomic E-state index is 0.196. The molecule has 1 aliphatic rings. The predicted molar refractivity (Wildman–Crippen MR) is 81.0 cm³/mol. The molecule has 0 amide bonds. The Kier molecular flexibility index (Phi) is 3.77. The Labute approximate surface area is 123 Å². The molecule has 110 valence electrons. The normalized spacial score (nSPS) is 17.1. The van der Waals surface area contributed by atoms with Crippen molar-refractivity contribution >= 4 is 0 Å². The summed E-state index contributed by atoms with van der Waals surface area (Å²) in [5.74, 6) is -1.57. The lowest BCUT2D eigenvalue weighted by atomic mass is 9.78. The van der Waals surface area contributed by atoms with Crippen molar-refractivity contribution in [3.05, 3.63) is 59.7 Å². The number of nitrogens with two attached hydrogens (primary N) is 1. The van der Waals surface area contributed by atoms with Crippen LogP contribution in [-0.2, 0) is 5.41 Å². The van der Waals surface area contributed by atoms with E-state index in [0.29, 0.717) is 17.7 Å². The van der Waals surface area contributed by atoms with Gasteiger partial charge >= 0.3 is 0 Å². The first-order chi connectivity index (χ1) is 10.2. The van der Waals surface area contributed by atoms with Crippen LogP contribution < -0.4 is 5.73 Å². The van der Waals surface area contributed by atoms with Gasteiger partial charge in [0.1, 0.15) is 0 Å². The van der Waals surface area contributed by atoms with E-state index in [0.717, 1.165) is 31.2 Å². The molecule has 2 N–H and O–H groups in total. The second kappa shape index (κ2) is 5.57. The predicted octanol–water partition coefficient (Wildman–Crippen LogP) is 4.40. The van der Waals surface area contributed by atoms with Crippen molar-refractivity contribution in [2.24, 2.45) is 5.73 Å². The number of hydrogen-bond acceptors (Lipinski definition) is 1. The molecule has 0 unspecified atom stereocenters. The van der Waals surface area contributed by atoms with E-state index in [9.17, 15) is 8.78 Å². The van der Waals surface area contributed by atoms with Gasteiger partial charge in [-0.05, 0) is 36.1 Å². The molecule has 0 heterocycles. The molecule has 0 saturated heterocycles. The van der Waals surface area contributed by atoms with Crippen molar-refractivity contribution in [2.45, 2.75) is 31.1 Å². The minimum Gasteiger partial charge on any atom is -0.330 e. The molecule has 0 aromatic heterocycles. The van der Waals surface area contributed by atoms with Crippen LogP contribution in [0.4, 0.5) is 8.78 Å². The first kappa shape index (κ1) is 14.2. The molecule has 2 aromatic rings. The number of halogens is 2. The molecular formula is C18H19F2N. The van der Waals surface area contributed by atoms with Gasteiger partial charge in [0.15, 0.2) is 11.6 Å². The summed E-state index contributed by atoms with van der Waals surface area (Å²) in [7, 11) is 0. The second-order valence-electron chi connectivity index (χ2n) is 5.88. The van der Waals surface area contributed by atoms with E-state index >= 15 is 0 Å². The van der Waals surface area contributed by atoms with Gasteiger partial charge < -0.3 is 5.73 Å². The highest BCUT2D eigenvalue weighted by molar-refractivity contribution is 5.65. The van der Waals surface area contributed by atoms with Crippen molar-refractivity contribution < 1.29 is 8.78 Å². The van der Waals surface area contributed by atoms with E-state index in [1.54, 1.807) is 18.2 Å². The van der Waals surface area contributed by atoms with Gasteiger partial charge in [-0.2, -0.15) is 0 Å². The maximum absolute atomic E-state index is 14.2. The average molecular weight is 287 g/mol. The summed E-state index contributed by atoms with van der Waals surface area (Å²) < 4.78 is 28.2. The van der Waals surface area contributed by atoms with E-state index < -0.39 is 11.6 Å². The van der Waals surface area contributed by atoms with Crippen molar-refractivity contribution in [3.8, 4) is 11.1 Å². The fraction of sp³-hybridized carbons (Fsp3) is 0.333. The quantitative estimate of drug-likeness (QED) is 0.889. The van der Waals surface area contributed by atoms with Gasteiger partial charge in [0.2, 0.25) is 0 Å². The fourth-order valence-corrected chi connectivity index (χ4v) is 3.39. The molecule has 3 heteroatoms. The summed E-state index contributed by atoms with van der Waals surface area (Å²) >= 11 is 0. The van der Waals surface area contributed by atoms with Crippen LogP contribution >= 0.6 is 0 Å². The summed E-state index contributed by atoms with van der Waals surface area (Å²) in [6.07, 6.45) is 4.08. The van der Waals surface area contributed by atoms with Crippen molar-refractivity contribution in [1.82, 2.24) is 0 Å². The zero-order chi connectivity index (χ0) is 14.9. The largest absolute Gasteiger partial charge is 0.330 e. The molecule has 0 bridgehead atoms. The van der Waals surface area contributed by atoms with Crippen LogP contribution in [0.1, 0.15) is 31.2 Å². The van der Waals surface area contributed by atoms with Crippen LogP contribution in [0.2, 0.25) is 0 Å². The Balaban J connectivity index is 2.14. The zero-order valence-electron chi connectivity index (χ0n) is 11.9. The van der Waals surface area contributed by atoms with Crippen molar-refractivity contribution in [2.75, 3.05) is 6.54 Å². The molecule has 1 saturated carbocycles. The Morgan fingerprint density at radius 2 is 1.67 bits per heavy atom. The number of benzene rings is 2. The Bertz CT molecular complexity index is 631. The maximum Gasteiger partial charge on any atom is 0.166 e. The van der Waals surface area contributed by atoms with Gasteiger partial charge in [0.05, 0.1) is 0 Å². The monoisotopic (exact) mass is 287 g/mol. The molecule has 21 heavy (non-hydrogen) atoms. The maximum atomic E-state index is 14.2. The third-order valence-corrected chi connectivity index (χ3v) is 4.68. The van der Waals surface area contributed by atoms with E-state index in [1.165, 1.54) is 6.07 Å². The summed E-state index contributed by atoms with van der Waals surface area (Å²) in [5, 5.41) is 0. The number of hydrogen-bond donors (Lipinski definition) is 1. The third-order valence-electron chi connectivity index (χ3n) is 4.68. The Morgan fingerprint density at radius 1 is 1.00 bits per heavy atom. The molecule has 1 fully saturated rings. The SMILES string of the molecule is NCC1(c2cc(F)c(F)c(-c3ccccc3)c2)CCCC1. The summed E-state index contributed by atoms with van der Waals surface area (Å²) in [6.45, 7) is 0.478. The van der Waals surface area contributed by atoms with Gasteiger partial charge in [0, 0.05) is 17.5 Å². The molecule has 1 aliphatic carbocycles. The van der Waals surface area contributed by atoms with Crippen molar-refractivity contribution in [3.63, 3.8) is 0 Å². The molecule has 0 radical (unpaired) electrons. The molecular weight excluding hydrogens is 268 g/mol. The van der Waals surface area contributed by atoms with Crippen LogP contribution in [0.3, 0.4) is 0 Å². The standard InChI is InChI=1S/C18H19F2N/c19-16-11-14(18(12-21)8-4-5-9-18)10-15(17(16)20)13-6-2-1-3-7-13/h1-3,6-7,10-11H,4-5,8-9,12,21H2. The fourth-order valence-electron chi connectivity index (χ4n) is 3.39. The van der Waals surface area contributed by atoms with Gasteiger partial charge in [-0.1, -0.05) is 43.2 Å². The second-order valence-corrected chi connectivity index (χ2v) is 5.88. The first-order valence-corrected chi connectivity index (χ1v) is 7.41. The minimum atomic E-state index is -0.786. The third kappa shape index (κ3) is 2.46. The average Bonchev–Trinajstić information content (AvgIpc) is 3.01. The molecule has 1 nitrogen and oxygen atoms in total. The van der Waals surface area contributed by atoms with Crippen LogP contribution in [0, 0.1) is 11.6 Å². The Morgan fingerprint density at radius 3 is 2.29 bits per heavy atom. The van der Waals surface area contributed by atoms with Gasteiger partial charge in [0.25, 0.3) is 0 Å². The molecule has 0 atom stereocenters. The van der Waals surface area contributed by atoms with Gasteiger partial charge in [-0.25, -0.2) is 8.78 Å². The lowest BCUT2D eigenvalue weighted by Gasteiger charge is -2.28. The molecule has 2 aromatic carbocycles. The van der Waals surface area contributed by atoms with E-state index in [1.807, 2.05) is 18.2 Å². The Hall–Kier alpha value is -1.74. The highest BCUT2D eigenvalue weighted by Crippen LogP contribution is 2.42. The molecule has 0 spiro atoms.